The summed E-state index contributed by atoms with van der Waals surface area (Å²) in [4.78, 5) is 12.2. The van der Waals surface area contributed by atoms with E-state index in [9.17, 15) is 13.2 Å². The van der Waals surface area contributed by atoms with Gasteiger partial charge in [-0.15, -0.1) is 11.8 Å². The summed E-state index contributed by atoms with van der Waals surface area (Å²) >= 11 is 1.51. The summed E-state index contributed by atoms with van der Waals surface area (Å²) in [5.74, 6) is 0.546. The van der Waals surface area contributed by atoms with E-state index in [1.165, 1.54) is 30.0 Å². The third-order valence-corrected chi connectivity index (χ3v) is 5.27. The molecule has 2 aromatic carbocycles. The first kappa shape index (κ1) is 17.5. The lowest BCUT2D eigenvalue weighted by Gasteiger charge is -2.12. The lowest BCUT2D eigenvalue weighted by Crippen LogP contribution is -2.23. The van der Waals surface area contributed by atoms with Gasteiger partial charge in [-0.3, -0.25) is 4.79 Å². The van der Waals surface area contributed by atoms with Gasteiger partial charge < -0.3 is 5.32 Å². The molecule has 0 unspecified atom stereocenters. The number of hydrogen-bond acceptors (Lipinski definition) is 4. The predicted molar refractivity (Wildman–Crippen MR) is 93.6 cm³/mol. The van der Waals surface area contributed by atoms with Crippen LogP contribution < -0.4 is 10.5 Å². The number of primary sulfonamides is 1. The van der Waals surface area contributed by atoms with E-state index < -0.39 is 10.0 Å². The van der Waals surface area contributed by atoms with Gasteiger partial charge in [-0.25, -0.2) is 13.6 Å². The standard InChI is InChI=1S/C16H18N2O3S2/c1-12(22-11-13-6-3-2-4-7-13)16(19)18-14-8-5-9-15(10-14)23(17,20)21/h2-10,12H,11H2,1H3,(H,18,19)(H2,17,20,21)/t12-/m0/s1. The minimum atomic E-state index is -3.78. The molecule has 2 aromatic rings. The number of carbonyl (C=O) groups excluding carboxylic acids is 1. The Kier molecular flexibility index (Phi) is 5.81. The molecule has 1 atom stereocenters. The van der Waals surface area contributed by atoms with Crippen molar-refractivity contribution in [1.82, 2.24) is 0 Å². The van der Waals surface area contributed by atoms with Crippen LogP contribution in [0.2, 0.25) is 0 Å². The molecule has 0 spiro atoms. The van der Waals surface area contributed by atoms with E-state index in [1.807, 2.05) is 37.3 Å². The first-order valence-corrected chi connectivity index (χ1v) is 9.55. The maximum Gasteiger partial charge on any atom is 0.238 e. The number of nitrogens with one attached hydrogen (secondary N) is 1. The van der Waals surface area contributed by atoms with Gasteiger partial charge in [0, 0.05) is 11.4 Å². The van der Waals surface area contributed by atoms with E-state index in [0.29, 0.717) is 5.69 Å². The average Bonchev–Trinajstić information content (AvgIpc) is 2.53. The highest BCUT2D eigenvalue weighted by atomic mass is 32.2. The summed E-state index contributed by atoms with van der Waals surface area (Å²) in [6.45, 7) is 1.81. The Balaban J connectivity index is 1.96. The highest BCUT2D eigenvalue weighted by molar-refractivity contribution is 7.99. The second-order valence-corrected chi connectivity index (χ2v) is 7.89. The van der Waals surface area contributed by atoms with Gasteiger partial charge in [0.25, 0.3) is 0 Å². The van der Waals surface area contributed by atoms with Crippen molar-refractivity contribution < 1.29 is 13.2 Å². The van der Waals surface area contributed by atoms with Crippen molar-refractivity contribution in [3.8, 4) is 0 Å². The minimum absolute atomic E-state index is 0.0279. The van der Waals surface area contributed by atoms with Crippen LogP contribution in [0.4, 0.5) is 5.69 Å². The summed E-state index contributed by atoms with van der Waals surface area (Å²) in [5.41, 5.74) is 1.56. The van der Waals surface area contributed by atoms with Crippen LogP contribution >= 0.6 is 11.8 Å². The van der Waals surface area contributed by atoms with Crippen molar-refractivity contribution in [2.45, 2.75) is 22.8 Å². The Bertz CT molecular complexity index is 777. The minimum Gasteiger partial charge on any atom is -0.325 e. The average molecular weight is 350 g/mol. The van der Waals surface area contributed by atoms with E-state index >= 15 is 0 Å². The molecule has 0 radical (unpaired) electrons. The van der Waals surface area contributed by atoms with Crippen molar-refractivity contribution in [2.75, 3.05) is 5.32 Å². The van der Waals surface area contributed by atoms with Gasteiger partial charge in [0.15, 0.2) is 0 Å². The van der Waals surface area contributed by atoms with Gasteiger partial charge in [-0.05, 0) is 30.7 Å². The quantitative estimate of drug-likeness (QED) is 0.838. The van der Waals surface area contributed by atoms with Gasteiger partial charge in [0.2, 0.25) is 15.9 Å². The summed E-state index contributed by atoms with van der Waals surface area (Å²) in [5, 5.41) is 7.52. The summed E-state index contributed by atoms with van der Waals surface area (Å²) in [6, 6.07) is 15.8. The first-order valence-electron chi connectivity index (χ1n) is 6.95. The van der Waals surface area contributed by atoms with Crippen LogP contribution in [-0.4, -0.2) is 19.6 Å². The molecule has 2 rings (SSSR count). The molecule has 0 saturated carbocycles. The number of amides is 1. The third kappa shape index (κ3) is 5.38. The highest BCUT2D eigenvalue weighted by Gasteiger charge is 2.15. The van der Waals surface area contributed by atoms with Crippen LogP contribution in [0.5, 0.6) is 0 Å². The second-order valence-electron chi connectivity index (χ2n) is 5.00. The highest BCUT2D eigenvalue weighted by Crippen LogP contribution is 2.20. The number of sulfonamides is 1. The zero-order valence-electron chi connectivity index (χ0n) is 12.6. The fourth-order valence-electron chi connectivity index (χ4n) is 1.87. The van der Waals surface area contributed by atoms with Crippen molar-refractivity contribution in [3.63, 3.8) is 0 Å². The van der Waals surface area contributed by atoms with Gasteiger partial charge in [-0.2, -0.15) is 0 Å². The molecule has 23 heavy (non-hydrogen) atoms. The van der Waals surface area contributed by atoms with E-state index in [1.54, 1.807) is 6.07 Å². The number of rotatable bonds is 6. The molecular weight excluding hydrogens is 332 g/mol. The van der Waals surface area contributed by atoms with Crippen LogP contribution in [0.1, 0.15) is 12.5 Å². The normalized spacial score (nSPS) is 12.6. The van der Waals surface area contributed by atoms with E-state index in [2.05, 4.69) is 5.32 Å². The Morgan fingerprint density at radius 1 is 1.17 bits per heavy atom. The Morgan fingerprint density at radius 2 is 1.87 bits per heavy atom. The van der Waals surface area contributed by atoms with Crippen LogP contribution in [-0.2, 0) is 20.6 Å². The van der Waals surface area contributed by atoms with E-state index in [4.69, 9.17) is 5.14 Å². The molecule has 0 saturated heterocycles. The van der Waals surface area contributed by atoms with Gasteiger partial charge in [-0.1, -0.05) is 36.4 Å². The molecule has 0 bridgehead atoms. The number of benzene rings is 2. The Labute approximate surface area is 140 Å². The van der Waals surface area contributed by atoms with E-state index in [-0.39, 0.29) is 16.1 Å². The topological polar surface area (TPSA) is 89.3 Å². The molecule has 0 heterocycles. The van der Waals surface area contributed by atoms with E-state index in [0.717, 1.165) is 11.3 Å². The zero-order valence-corrected chi connectivity index (χ0v) is 14.2. The number of hydrogen-bond donors (Lipinski definition) is 2. The SMILES string of the molecule is C[C@H](SCc1ccccc1)C(=O)Nc1cccc(S(N)(=O)=O)c1. The van der Waals surface area contributed by atoms with Crippen LogP contribution in [0.3, 0.4) is 0 Å². The first-order chi connectivity index (χ1) is 10.9. The molecule has 0 aliphatic heterocycles. The molecule has 7 heteroatoms. The monoisotopic (exact) mass is 350 g/mol. The molecule has 5 nitrogen and oxygen atoms in total. The molecule has 1 amide bonds. The lowest BCUT2D eigenvalue weighted by molar-refractivity contribution is -0.115. The fraction of sp³-hybridized carbons (Fsp3) is 0.188. The Hall–Kier alpha value is -1.83. The molecule has 0 aliphatic carbocycles. The molecule has 3 N–H and O–H groups in total. The maximum atomic E-state index is 12.2. The van der Waals surface area contributed by atoms with Crippen molar-refractivity contribution >= 4 is 33.4 Å². The van der Waals surface area contributed by atoms with Gasteiger partial charge in [0.05, 0.1) is 10.1 Å². The van der Waals surface area contributed by atoms with Crippen LogP contribution in [0.25, 0.3) is 0 Å². The van der Waals surface area contributed by atoms with Crippen LogP contribution in [0, 0.1) is 0 Å². The van der Waals surface area contributed by atoms with Crippen molar-refractivity contribution in [2.24, 2.45) is 5.14 Å². The zero-order chi connectivity index (χ0) is 16.9. The number of nitrogens with two attached hydrogens (primary N) is 1. The molecule has 0 aliphatic rings. The maximum absolute atomic E-state index is 12.2. The number of thioether (sulfide) groups is 1. The largest absolute Gasteiger partial charge is 0.325 e. The number of anilines is 1. The second kappa shape index (κ2) is 7.63. The van der Waals surface area contributed by atoms with Crippen molar-refractivity contribution in [3.05, 3.63) is 60.2 Å². The summed E-state index contributed by atoms with van der Waals surface area (Å²) in [6.07, 6.45) is 0. The molecule has 0 fully saturated rings. The summed E-state index contributed by atoms with van der Waals surface area (Å²) < 4.78 is 22.7. The van der Waals surface area contributed by atoms with Crippen LogP contribution in [0.15, 0.2) is 59.5 Å². The van der Waals surface area contributed by atoms with Crippen molar-refractivity contribution in [1.29, 1.82) is 0 Å². The molecule has 0 aromatic heterocycles. The Morgan fingerprint density at radius 3 is 2.52 bits per heavy atom. The molecular formula is C16H18N2O3S2. The lowest BCUT2D eigenvalue weighted by atomic mass is 10.2. The smallest absolute Gasteiger partial charge is 0.238 e. The fourth-order valence-corrected chi connectivity index (χ4v) is 3.27. The van der Waals surface area contributed by atoms with Gasteiger partial charge >= 0.3 is 0 Å². The number of carbonyl (C=O) groups is 1. The summed E-state index contributed by atoms with van der Waals surface area (Å²) in [7, 11) is -3.78. The third-order valence-electron chi connectivity index (χ3n) is 3.14. The predicted octanol–water partition coefficient (Wildman–Crippen LogP) is 2.59. The van der Waals surface area contributed by atoms with Gasteiger partial charge in [0.1, 0.15) is 0 Å². The molecule has 122 valence electrons.